The van der Waals surface area contributed by atoms with Gasteiger partial charge in [-0.15, -0.1) is 0 Å². The molecule has 0 spiro atoms. The minimum Gasteiger partial charge on any atom is -0.496 e. The van der Waals surface area contributed by atoms with Crippen LogP contribution >= 0.6 is 0 Å². The molecule has 0 bridgehead atoms. The molecular weight excluding hydrogens is 306 g/mol. The maximum atomic E-state index is 11.7. The maximum absolute atomic E-state index is 11.7. The summed E-state index contributed by atoms with van der Waals surface area (Å²) in [5, 5.41) is 4.52. The molecule has 0 aliphatic rings. The summed E-state index contributed by atoms with van der Waals surface area (Å²) in [6.45, 7) is 1.98. The van der Waals surface area contributed by atoms with Crippen molar-refractivity contribution < 1.29 is 4.74 Å². The Morgan fingerprint density at radius 3 is 2.79 bits per heavy atom. The zero-order valence-electron chi connectivity index (χ0n) is 13.8. The third-order valence-corrected chi connectivity index (χ3v) is 4.02. The van der Waals surface area contributed by atoms with E-state index in [1.807, 2.05) is 38.2 Å². The van der Waals surface area contributed by atoms with Gasteiger partial charge in [0.25, 0.3) is 5.56 Å². The summed E-state index contributed by atoms with van der Waals surface area (Å²) in [4.78, 5) is 18.4. The highest BCUT2D eigenvalue weighted by Gasteiger charge is 2.18. The third kappa shape index (κ3) is 2.88. The molecule has 3 rings (SSSR count). The largest absolute Gasteiger partial charge is 0.496 e. The van der Waals surface area contributed by atoms with Gasteiger partial charge in [0.05, 0.1) is 7.11 Å². The molecule has 7 nitrogen and oxygen atoms in total. The van der Waals surface area contributed by atoms with Crippen molar-refractivity contribution in [1.29, 1.82) is 0 Å². The number of rotatable bonds is 4. The van der Waals surface area contributed by atoms with E-state index in [0.717, 1.165) is 22.6 Å². The van der Waals surface area contributed by atoms with Gasteiger partial charge in [0.2, 0.25) is 5.95 Å². The first kappa shape index (κ1) is 15.8. The minimum absolute atomic E-state index is 0.0732. The lowest BCUT2D eigenvalue weighted by atomic mass is 10.0. The van der Waals surface area contributed by atoms with Crippen molar-refractivity contribution in [3.8, 4) is 17.1 Å². The molecule has 0 aliphatic heterocycles. The Balaban J connectivity index is 2.13. The van der Waals surface area contributed by atoms with Crippen LogP contribution in [0.4, 0.5) is 5.95 Å². The van der Waals surface area contributed by atoms with Crippen LogP contribution in [0.2, 0.25) is 0 Å². The second-order valence-corrected chi connectivity index (χ2v) is 5.54. The number of nitrogens with one attached hydrogen (secondary N) is 1. The zero-order chi connectivity index (χ0) is 17.3. The van der Waals surface area contributed by atoms with E-state index in [1.165, 1.54) is 6.07 Å². The maximum Gasteiger partial charge on any atom is 0.252 e. The molecule has 0 amide bonds. The Morgan fingerprint density at radius 1 is 1.33 bits per heavy atom. The molecule has 2 aromatic heterocycles. The van der Waals surface area contributed by atoms with Crippen LogP contribution < -0.4 is 16.0 Å². The summed E-state index contributed by atoms with van der Waals surface area (Å²) in [6.07, 6.45) is 0.618. The van der Waals surface area contributed by atoms with Crippen LogP contribution in [-0.2, 0) is 13.5 Å². The highest BCUT2D eigenvalue weighted by Crippen LogP contribution is 2.28. The van der Waals surface area contributed by atoms with E-state index in [9.17, 15) is 4.79 Å². The average molecular weight is 325 g/mol. The number of nitrogens with zero attached hydrogens (tertiary/aromatic N) is 3. The van der Waals surface area contributed by atoms with Gasteiger partial charge in [-0.25, -0.2) is 4.98 Å². The molecule has 0 aliphatic carbocycles. The number of hydrogen-bond acceptors (Lipinski definition) is 5. The van der Waals surface area contributed by atoms with Gasteiger partial charge in [0.15, 0.2) is 0 Å². The standard InChI is InChI=1S/C17H19N5O2/c1-10-12(8-11-6-4-5-7-14(11)24-3)16(21-22(10)2)13-9-15(23)20-17(18)19-13/h4-7,9H,8H2,1-3H3,(H3,18,19,20,23). The molecule has 2 heterocycles. The van der Waals surface area contributed by atoms with Crippen molar-refractivity contribution in [2.24, 2.45) is 7.05 Å². The smallest absolute Gasteiger partial charge is 0.252 e. The Bertz CT molecular complexity index is 942. The molecule has 0 unspecified atom stereocenters. The van der Waals surface area contributed by atoms with E-state index in [0.29, 0.717) is 17.8 Å². The predicted octanol–water partition coefficient (Wildman–Crippen LogP) is 1.66. The van der Waals surface area contributed by atoms with E-state index < -0.39 is 0 Å². The number of aryl methyl sites for hydroxylation is 1. The molecular formula is C17H19N5O2. The van der Waals surface area contributed by atoms with Crippen molar-refractivity contribution in [1.82, 2.24) is 19.7 Å². The number of aromatic nitrogens is 4. The number of methoxy groups -OCH3 is 1. The normalized spacial score (nSPS) is 10.8. The number of nitrogen functional groups attached to an aromatic ring is 1. The van der Waals surface area contributed by atoms with Gasteiger partial charge >= 0.3 is 0 Å². The van der Waals surface area contributed by atoms with Gasteiger partial charge in [0, 0.05) is 30.8 Å². The summed E-state index contributed by atoms with van der Waals surface area (Å²) in [5.74, 6) is 0.883. The minimum atomic E-state index is -0.302. The molecule has 24 heavy (non-hydrogen) atoms. The third-order valence-electron chi connectivity index (χ3n) is 4.02. The first-order chi connectivity index (χ1) is 11.5. The van der Waals surface area contributed by atoms with Crippen molar-refractivity contribution in [2.45, 2.75) is 13.3 Å². The summed E-state index contributed by atoms with van der Waals surface area (Å²) < 4.78 is 7.21. The number of para-hydroxylation sites is 1. The predicted molar refractivity (Wildman–Crippen MR) is 92.0 cm³/mol. The van der Waals surface area contributed by atoms with Crippen molar-refractivity contribution >= 4 is 5.95 Å². The molecule has 3 N–H and O–H groups in total. The number of anilines is 1. The number of benzene rings is 1. The summed E-state index contributed by atoms with van der Waals surface area (Å²) in [5.41, 5.74) is 9.50. The fraction of sp³-hybridized carbons (Fsp3) is 0.235. The van der Waals surface area contributed by atoms with Crippen LogP contribution in [0, 0.1) is 6.92 Å². The lowest BCUT2D eigenvalue weighted by molar-refractivity contribution is 0.410. The van der Waals surface area contributed by atoms with E-state index in [2.05, 4.69) is 15.1 Å². The van der Waals surface area contributed by atoms with Crippen LogP contribution in [0.15, 0.2) is 35.1 Å². The van der Waals surface area contributed by atoms with Gasteiger partial charge in [-0.05, 0) is 18.6 Å². The summed E-state index contributed by atoms with van der Waals surface area (Å²) in [7, 11) is 3.51. The lowest BCUT2D eigenvalue weighted by Crippen LogP contribution is -2.11. The fourth-order valence-electron chi connectivity index (χ4n) is 2.71. The van der Waals surface area contributed by atoms with Gasteiger partial charge in [-0.1, -0.05) is 18.2 Å². The quantitative estimate of drug-likeness (QED) is 0.760. The molecule has 3 aromatic rings. The van der Waals surface area contributed by atoms with Crippen molar-refractivity contribution in [2.75, 3.05) is 12.8 Å². The fourth-order valence-corrected chi connectivity index (χ4v) is 2.71. The molecule has 1 aromatic carbocycles. The molecule has 124 valence electrons. The molecule has 0 radical (unpaired) electrons. The molecule has 0 atom stereocenters. The Kier molecular flexibility index (Phi) is 4.07. The van der Waals surface area contributed by atoms with Crippen LogP contribution in [0.1, 0.15) is 16.8 Å². The van der Waals surface area contributed by atoms with Gasteiger partial charge in [-0.3, -0.25) is 14.5 Å². The highest BCUT2D eigenvalue weighted by atomic mass is 16.5. The molecule has 0 saturated heterocycles. The topological polar surface area (TPSA) is 98.8 Å². The Morgan fingerprint density at radius 2 is 2.08 bits per heavy atom. The van der Waals surface area contributed by atoms with Crippen LogP contribution in [0.3, 0.4) is 0 Å². The molecule has 0 saturated carbocycles. The zero-order valence-corrected chi connectivity index (χ0v) is 13.8. The van der Waals surface area contributed by atoms with E-state index in [-0.39, 0.29) is 11.5 Å². The number of H-pyrrole nitrogens is 1. The summed E-state index contributed by atoms with van der Waals surface area (Å²) >= 11 is 0. The number of nitrogens with two attached hydrogens (primary N) is 1. The van der Waals surface area contributed by atoms with Crippen molar-refractivity contribution in [3.05, 3.63) is 57.5 Å². The van der Waals surface area contributed by atoms with E-state index >= 15 is 0 Å². The number of aromatic amines is 1. The Labute approximate surface area is 139 Å². The lowest BCUT2D eigenvalue weighted by Gasteiger charge is -2.09. The molecule has 0 fully saturated rings. The summed E-state index contributed by atoms with van der Waals surface area (Å²) in [6, 6.07) is 9.23. The van der Waals surface area contributed by atoms with Crippen molar-refractivity contribution in [3.63, 3.8) is 0 Å². The van der Waals surface area contributed by atoms with Gasteiger partial charge in [0.1, 0.15) is 17.1 Å². The first-order valence-corrected chi connectivity index (χ1v) is 7.51. The van der Waals surface area contributed by atoms with Gasteiger partial charge in [-0.2, -0.15) is 5.10 Å². The highest BCUT2D eigenvalue weighted by molar-refractivity contribution is 5.62. The van der Waals surface area contributed by atoms with Crippen LogP contribution in [0.25, 0.3) is 11.4 Å². The van der Waals surface area contributed by atoms with E-state index in [4.69, 9.17) is 10.5 Å². The monoisotopic (exact) mass is 325 g/mol. The average Bonchev–Trinajstić information content (AvgIpc) is 2.83. The van der Waals surface area contributed by atoms with E-state index in [1.54, 1.807) is 11.8 Å². The second-order valence-electron chi connectivity index (χ2n) is 5.54. The number of ether oxygens (including phenoxy) is 1. The number of hydrogen-bond donors (Lipinski definition) is 2. The second kappa shape index (κ2) is 6.19. The first-order valence-electron chi connectivity index (χ1n) is 7.51. The Hall–Kier alpha value is -3.09. The SMILES string of the molecule is COc1ccccc1Cc1c(-c2cc(=O)[nH]c(N)n2)nn(C)c1C. The van der Waals surface area contributed by atoms with Gasteiger partial charge < -0.3 is 10.5 Å². The van der Waals surface area contributed by atoms with Crippen LogP contribution in [0.5, 0.6) is 5.75 Å². The molecule has 7 heteroatoms. The van der Waals surface area contributed by atoms with Crippen LogP contribution in [-0.4, -0.2) is 26.9 Å².